The van der Waals surface area contributed by atoms with Crippen molar-refractivity contribution < 1.29 is 13.2 Å². The number of benzene rings is 1. The van der Waals surface area contributed by atoms with Crippen LogP contribution in [-0.2, 0) is 10.0 Å². The summed E-state index contributed by atoms with van der Waals surface area (Å²) in [4.78, 5) is 12.5. The highest BCUT2D eigenvalue weighted by Gasteiger charge is 2.20. The minimum absolute atomic E-state index is 0.172. The van der Waals surface area contributed by atoms with Gasteiger partial charge in [-0.15, -0.1) is 10.2 Å². The maximum atomic E-state index is 12.5. The van der Waals surface area contributed by atoms with Gasteiger partial charge in [0.05, 0.1) is 4.90 Å². The summed E-state index contributed by atoms with van der Waals surface area (Å²) in [5.41, 5.74) is 0.362. The third kappa shape index (κ3) is 4.87. The molecule has 7 nitrogen and oxygen atoms in total. The van der Waals surface area contributed by atoms with Crippen LogP contribution in [-0.4, -0.2) is 42.4 Å². The number of carbonyl (C=O) groups is 1. The van der Waals surface area contributed by atoms with E-state index in [2.05, 4.69) is 15.5 Å². The molecule has 0 spiro atoms. The highest BCUT2D eigenvalue weighted by atomic mass is 32.2. The Morgan fingerprint density at radius 1 is 1.23 bits per heavy atom. The first-order valence-corrected chi connectivity index (χ1v) is 10.7. The zero-order chi connectivity index (χ0) is 19.3. The summed E-state index contributed by atoms with van der Waals surface area (Å²) in [6, 6.07) is 5.90. The van der Waals surface area contributed by atoms with Crippen molar-refractivity contribution in [3.63, 3.8) is 0 Å². The normalized spacial score (nSPS) is 11.9. The number of amides is 1. The second-order valence-corrected chi connectivity index (χ2v) is 9.31. The highest BCUT2D eigenvalue weighted by Crippen LogP contribution is 2.23. The molecule has 0 bridgehead atoms. The monoisotopic (exact) mass is 396 g/mol. The largest absolute Gasteiger partial charge is 0.296 e. The van der Waals surface area contributed by atoms with E-state index in [-0.39, 0.29) is 16.7 Å². The molecule has 9 heteroatoms. The van der Waals surface area contributed by atoms with E-state index in [1.54, 1.807) is 7.05 Å². The second-order valence-electron chi connectivity index (χ2n) is 6.26. The zero-order valence-electron chi connectivity index (χ0n) is 15.4. The molecule has 1 N–H and O–H groups in total. The lowest BCUT2D eigenvalue weighted by Gasteiger charge is -2.16. The molecular weight excluding hydrogens is 372 g/mol. The molecule has 1 heterocycles. The Bertz CT molecular complexity index is 845. The predicted octanol–water partition coefficient (Wildman–Crippen LogP) is 3.33. The molecule has 26 heavy (non-hydrogen) atoms. The van der Waals surface area contributed by atoms with Gasteiger partial charge in [-0.2, -0.15) is 0 Å². The van der Waals surface area contributed by atoms with Crippen LogP contribution in [0, 0.1) is 0 Å². The summed E-state index contributed by atoms with van der Waals surface area (Å²) < 4.78 is 26.3. The van der Waals surface area contributed by atoms with Crippen LogP contribution in [0.5, 0.6) is 0 Å². The Morgan fingerprint density at radius 2 is 1.88 bits per heavy atom. The van der Waals surface area contributed by atoms with Crippen molar-refractivity contribution in [3.8, 4) is 0 Å². The molecule has 0 saturated carbocycles. The molecule has 0 radical (unpaired) electrons. The van der Waals surface area contributed by atoms with Gasteiger partial charge in [-0.05, 0) is 30.7 Å². The summed E-state index contributed by atoms with van der Waals surface area (Å²) >= 11 is 1.33. The maximum absolute atomic E-state index is 12.5. The first-order valence-electron chi connectivity index (χ1n) is 8.46. The van der Waals surface area contributed by atoms with Gasteiger partial charge in [0.2, 0.25) is 15.2 Å². The molecule has 0 saturated heterocycles. The molecule has 0 aliphatic rings. The fourth-order valence-electron chi connectivity index (χ4n) is 2.15. The van der Waals surface area contributed by atoms with E-state index in [4.69, 9.17) is 0 Å². The van der Waals surface area contributed by atoms with Gasteiger partial charge < -0.3 is 0 Å². The number of hydrogen-bond acceptors (Lipinski definition) is 6. The Morgan fingerprint density at radius 3 is 2.42 bits per heavy atom. The van der Waals surface area contributed by atoms with Crippen molar-refractivity contribution in [3.05, 3.63) is 34.8 Å². The molecule has 0 aliphatic carbocycles. The van der Waals surface area contributed by atoms with E-state index in [9.17, 15) is 13.2 Å². The summed E-state index contributed by atoms with van der Waals surface area (Å²) in [6.45, 7) is 6.48. The minimum atomic E-state index is -3.54. The quantitative estimate of drug-likeness (QED) is 0.739. The van der Waals surface area contributed by atoms with Crippen molar-refractivity contribution in [1.82, 2.24) is 14.5 Å². The smallest absolute Gasteiger partial charge is 0.257 e. The molecule has 142 valence electrons. The SMILES string of the molecule is CCCCN(C)S(=O)(=O)c1ccc(C(=O)Nc2nnc(C(C)C)s2)cc1. The standard InChI is InChI=1S/C17H24N4O3S2/c1-5-6-11-21(4)26(23,24)14-9-7-13(8-10-14)15(22)18-17-20-19-16(25-17)12(2)3/h7-10,12H,5-6,11H2,1-4H3,(H,18,20,22). The van der Waals surface area contributed by atoms with E-state index in [0.29, 0.717) is 17.2 Å². The Balaban J connectivity index is 2.09. The van der Waals surface area contributed by atoms with Gasteiger partial charge >= 0.3 is 0 Å². The number of carbonyl (C=O) groups excluding carboxylic acids is 1. The van der Waals surface area contributed by atoms with E-state index < -0.39 is 10.0 Å². The van der Waals surface area contributed by atoms with Crippen LogP contribution in [0.25, 0.3) is 0 Å². The number of nitrogens with one attached hydrogen (secondary N) is 1. The Labute approximate surface area is 158 Å². The van der Waals surface area contributed by atoms with Crippen molar-refractivity contribution in [1.29, 1.82) is 0 Å². The molecule has 0 aliphatic heterocycles. The van der Waals surface area contributed by atoms with Crippen LogP contribution in [0.3, 0.4) is 0 Å². The molecule has 2 aromatic rings. The fraction of sp³-hybridized carbons (Fsp3) is 0.471. The first-order chi connectivity index (χ1) is 12.3. The number of hydrogen-bond donors (Lipinski definition) is 1. The third-order valence-corrected chi connectivity index (χ3v) is 6.82. The molecule has 1 aromatic heterocycles. The first kappa shape index (κ1) is 20.5. The molecule has 0 atom stereocenters. The number of nitrogens with zero attached hydrogens (tertiary/aromatic N) is 3. The van der Waals surface area contributed by atoms with Crippen LogP contribution in [0.2, 0.25) is 0 Å². The Hall–Kier alpha value is -1.84. The number of aromatic nitrogens is 2. The molecule has 0 unspecified atom stereocenters. The average molecular weight is 397 g/mol. The topological polar surface area (TPSA) is 92.3 Å². The van der Waals surface area contributed by atoms with Gasteiger partial charge in [0.15, 0.2) is 0 Å². The fourth-order valence-corrected chi connectivity index (χ4v) is 4.10. The van der Waals surface area contributed by atoms with E-state index in [1.165, 1.54) is 39.9 Å². The van der Waals surface area contributed by atoms with Gasteiger partial charge in [-0.25, -0.2) is 12.7 Å². The minimum Gasteiger partial charge on any atom is -0.296 e. The van der Waals surface area contributed by atoms with Crippen LogP contribution in [0.1, 0.15) is 54.9 Å². The van der Waals surface area contributed by atoms with Crippen molar-refractivity contribution >= 4 is 32.4 Å². The zero-order valence-corrected chi connectivity index (χ0v) is 17.0. The van der Waals surface area contributed by atoms with Crippen LogP contribution < -0.4 is 5.32 Å². The predicted molar refractivity (Wildman–Crippen MR) is 103 cm³/mol. The van der Waals surface area contributed by atoms with E-state index in [1.807, 2.05) is 20.8 Å². The molecule has 1 aromatic carbocycles. The third-order valence-electron chi connectivity index (χ3n) is 3.81. The summed E-state index contributed by atoms with van der Waals surface area (Å²) in [5.74, 6) is -0.105. The van der Waals surface area contributed by atoms with Crippen molar-refractivity contribution in [2.45, 2.75) is 44.4 Å². The van der Waals surface area contributed by atoms with E-state index >= 15 is 0 Å². The number of anilines is 1. The van der Waals surface area contributed by atoms with Crippen LogP contribution in [0.15, 0.2) is 29.2 Å². The maximum Gasteiger partial charge on any atom is 0.257 e. The van der Waals surface area contributed by atoms with E-state index in [0.717, 1.165) is 17.8 Å². The van der Waals surface area contributed by atoms with Crippen LogP contribution in [0.4, 0.5) is 5.13 Å². The van der Waals surface area contributed by atoms with Gasteiger partial charge in [-0.3, -0.25) is 10.1 Å². The second kappa shape index (κ2) is 8.70. The van der Waals surface area contributed by atoms with Gasteiger partial charge in [0.25, 0.3) is 5.91 Å². The summed E-state index contributed by atoms with van der Waals surface area (Å²) in [5, 5.41) is 11.9. The van der Waals surface area contributed by atoms with Crippen molar-refractivity contribution in [2.75, 3.05) is 18.9 Å². The Kier molecular flexibility index (Phi) is 6.85. The van der Waals surface area contributed by atoms with Gasteiger partial charge in [0.1, 0.15) is 5.01 Å². The average Bonchev–Trinajstić information content (AvgIpc) is 3.08. The molecule has 1 amide bonds. The van der Waals surface area contributed by atoms with Gasteiger partial charge in [0, 0.05) is 25.1 Å². The van der Waals surface area contributed by atoms with Crippen LogP contribution >= 0.6 is 11.3 Å². The lowest BCUT2D eigenvalue weighted by Crippen LogP contribution is -2.28. The lowest BCUT2D eigenvalue weighted by molar-refractivity contribution is 0.102. The summed E-state index contributed by atoms with van der Waals surface area (Å²) in [6.07, 6.45) is 1.72. The summed E-state index contributed by atoms with van der Waals surface area (Å²) in [7, 11) is -1.97. The highest BCUT2D eigenvalue weighted by molar-refractivity contribution is 7.89. The number of sulfonamides is 1. The molecule has 2 rings (SSSR count). The van der Waals surface area contributed by atoms with Gasteiger partial charge in [-0.1, -0.05) is 38.5 Å². The lowest BCUT2D eigenvalue weighted by atomic mass is 10.2. The number of rotatable bonds is 8. The molecular formula is C17H24N4O3S2. The van der Waals surface area contributed by atoms with Crippen molar-refractivity contribution in [2.24, 2.45) is 0 Å². The number of unbranched alkanes of at least 4 members (excludes halogenated alkanes) is 1. The molecule has 0 fully saturated rings.